The van der Waals surface area contributed by atoms with Crippen LogP contribution in [0.5, 0.6) is 0 Å². The smallest absolute Gasteiger partial charge is 0.0651 e. The Hall–Kier alpha value is 0.780. The topological polar surface area (TPSA) is 40.5 Å². The van der Waals surface area contributed by atoms with Crippen molar-refractivity contribution in [2.24, 2.45) is 17.3 Å². The number of rotatable bonds is 4. The van der Waals surface area contributed by atoms with Crippen LogP contribution in [0, 0.1) is 17.3 Å². The predicted octanol–water partition coefficient (Wildman–Crippen LogP) is 2.46. The normalized spacial score (nSPS) is 37.1. The van der Waals surface area contributed by atoms with Crippen molar-refractivity contribution in [3.05, 3.63) is 0 Å². The van der Waals surface area contributed by atoms with E-state index in [1.54, 1.807) is 0 Å². The molecule has 0 amide bonds. The molecule has 0 bridgehead atoms. The summed E-state index contributed by atoms with van der Waals surface area (Å²) in [6.07, 6.45) is 1.49. The monoisotopic (exact) mass is 278 g/mol. The van der Waals surface area contributed by atoms with Crippen LogP contribution in [-0.4, -0.2) is 61.4 Å². The van der Waals surface area contributed by atoms with E-state index in [1.807, 2.05) is 13.8 Å². The first-order valence-corrected chi connectivity index (χ1v) is 11.2. The van der Waals surface area contributed by atoms with Crippen LogP contribution in [0.15, 0.2) is 0 Å². The van der Waals surface area contributed by atoms with E-state index >= 15 is 0 Å². The van der Waals surface area contributed by atoms with Crippen LogP contribution in [-0.2, 0) is 0 Å². The second kappa shape index (κ2) is 5.83. The predicted molar refractivity (Wildman–Crippen MR) is 80.0 cm³/mol. The molecular formula is C13H28O2P2. The standard InChI is InChI=1S/C13H28O2P2/c1-13(2)11(14)9(7-16(3)4)10(12(13)15)8-17(5)6/h9-12,14-15H,7-8H2,1-6H3/t9-,10-,11-,12-/m0/s1. The van der Waals surface area contributed by atoms with Gasteiger partial charge in [-0.25, -0.2) is 0 Å². The summed E-state index contributed by atoms with van der Waals surface area (Å²) < 4.78 is 0. The Morgan fingerprint density at radius 3 is 1.35 bits per heavy atom. The minimum atomic E-state index is -0.345. The van der Waals surface area contributed by atoms with Gasteiger partial charge in [-0.3, -0.25) is 0 Å². The second-order valence-electron chi connectivity index (χ2n) is 6.56. The highest BCUT2D eigenvalue weighted by Crippen LogP contribution is 2.51. The van der Waals surface area contributed by atoms with Gasteiger partial charge in [0.05, 0.1) is 12.2 Å². The third-order valence-electron chi connectivity index (χ3n) is 4.04. The third kappa shape index (κ3) is 3.41. The van der Waals surface area contributed by atoms with E-state index in [4.69, 9.17) is 0 Å². The number of hydrogen-bond donors (Lipinski definition) is 2. The van der Waals surface area contributed by atoms with E-state index in [-0.39, 0.29) is 33.5 Å². The third-order valence-corrected chi connectivity index (χ3v) is 6.34. The molecule has 2 N–H and O–H groups in total. The average Bonchev–Trinajstić information content (AvgIpc) is 2.31. The quantitative estimate of drug-likeness (QED) is 0.776. The van der Waals surface area contributed by atoms with Crippen molar-refractivity contribution in [1.82, 2.24) is 0 Å². The Labute approximate surface area is 109 Å². The molecule has 0 aromatic carbocycles. The Morgan fingerprint density at radius 1 is 0.824 bits per heavy atom. The van der Waals surface area contributed by atoms with Gasteiger partial charge in [0.25, 0.3) is 0 Å². The lowest BCUT2D eigenvalue weighted by Gasteiger charge is -2.28. The van der Waals surface area contributed by atoms with Crippen molar-refractivity contribution in [2.45, 2.75) is 26.1 Å². The van der Waals surface area contributed by atoms with Gasteiger partial charge in [-0.1, -0.05) is 13.8 Å². The summed E-state index contributed by atoms with van der Waals surface area (Å²) >= 11 is 0. The van der Waals surface area contributed by atoms with Gasteiger partial charge in [-0.2, -0.15) is 0 Å². The van der Waals surface area contributed by atoms with Crippen molar-refractivity contribution >= 4 is 15.8 Å². The van der Waals surface area contributed by atoms with Crippen molar-refractivity contribution in [2.75, 3.05) is 39.0 Å². The van der Waals surface area contributed by atoms with Gasteiger partial charge in [0.15, 0.2) is 0 Å². The lowest BCUT2D eigenvalue weighted by atomic mass is 9.85. The summed E-state index contributed by atoms with van der Waals surface area (Å²) in [6, 6.07) is 0. The van der Waals surface area contributed by atoms with Crippen LogP contribution < -0.4 is 0 Å². The van der Waals surface area contributed by atoms with E-state index < -0.39 is 0 Å². The zero-order chi connectivity index (χ0) is 13.4. The molecule has 0 aromatic heterocycles. The van der Waals surface area contributed by atoms with Gasteiger partial charge in [0, 0.05) is 5.41 Å². The summed E-state index contributed by atoms with van der Waals surface area (Å²) in [6.45, 7) is 13.1. The van der Waals surface area contributed by atoms with Gasteiger partial charge in [-0.05, 0) is 50.8 Å². The highest BCUT2D eigenvalue weighted by molar-refractivity contribution is 7.56. The van der Waals surface area contributed by atoms with E-state index in [9.17, 15) is 10.2 Å². The van der Waals surface area contributed by atoms with Crippen molar-refractivity contribution in [3.63, 3.8) is 0 Å². The van der Waals surface area contributed by atoms with Crippen LogP contribution in [0.2, 0.25) is 0 Å². The summed E-state index contributed by atoms with van der Waals surface area (Å²) in [7, 11) is -0.0283. The molecule has 1 aliphatic rings. The second-order valence-corrected chi connectivity index (χ2v) is 11.6. The molecule has 1 fully saturated rings. The molecule has 0 spiro atoms. The molecule has 4 atom stereocenters. The molecule has 4 heteroatoms. The zero-order valence-corrected chi connectivity index (χ0v) is 13.8. The minimum Gasteiger partial charge on any atom is -0.392 e. The van der Waals surface area contributed by atoms with Crippen LogP contribution in [0.4, 0.5) is 0 Å². The molecule has 2 nitrogen and oxygen atoms in total. The highest BCUT2D eigenvalue weighted by Gasteiger charge is 2.53. The van der Waals surface area contributed by atoms with E-state index in [0.717, 1.165) is 12.3 Å². The highest BCUT2D eigenvalue weighted by atomic mass is 31.1. The summed E-state index contributed by atoms with van der Waals surface area (Å²) in [4.78, 5) is 0. The fourth-order valence-corrected chi connectivity index (χ4v) is 5.69. The zero-order valence-electron chi connectivity index (χ0n) is 12.0. The maximum atomic E-state index is 10.5. The first kappa shape index (κ1) is 15.8. The lowest BCUT2D eigenvalue weighted by molar-refractivity contribution is -0.00882. The average molecular weight is 278 g/mol. The molecule has 102 valence electrons. The molecule has 1 rings (SSSR count). The Kier molecular flexibility index (Phi) is 5.43. The number of hydrogen-bond acceptors (Lipinski definition) is 2. The van der Waals surface area contributed by atoms with Gasteiger partial charge >= 0.3 is 0 Å². The van der Waals surface area contributed by atoms with E-state index in [2.05, 4.69) is 26.7 Å². The van der Waals surface area contributed by atoms with E-state index in [0.29, 0.717) is 11.8 Å². The molecule has 17 heavy (non-hydrogen) atoms. The molecule has 0 unspecified atom stereocenters. The van der Waals surface area contributed by atoms with Gasteiger partial charge < -0.3 is 10.2 Å². The Bertz CT molecular complexity index is 230. The van der Waals surface area contributed by atoms with Gasteiger partial charge in [0.2, 0.25) is 0 Å². The first-order valence-electron chi connectivity index (χ1n) is 6.33. The van der Waals surface area contributed by atoms with E-state index in [1.165, 1.54) is 0 Å². The van der Waals surface area contributed by atoms with Crippen LogP contribution in [0.25, 0.3) is 0 Å². The molecule has 1 aliphatic carbocycles. The largest absolute Gasteiger partial charge is 0.392 e. The van der Waals surface area contributed by atoms with Crippen molar-refractivity contribution in [3.8, 4) is 0 Å². The molecule has 0 heterocycles. The minimum absolute atomic E-state index is 0.0141. The Balaban J connectivity index is 2.89. The maximum Gasteiger partial charge on any atom is 0.0651 e. The molecule has 0 aromatic rings. The Morgan fingerprint density at radius 2 is 1.12 bits per heavy atom. The first-order chi connectivity index (χ1) is 7.67. The van der Waals surface area contributed by atoms with Gasteiger partial charge in [0.1, 0.15) is 0 Å². The van der Waals surface area contributed by atoms with Crippen LogP contribution in [0.1, 0.15) is 13.8 Å². The number of aliphatic hydroxyl groups excluding tert-OH is 2. The lowest BCUT2D eigenvalue weighted by Crippen LogP contribution is -2.35. The molecule has 0 radical (unpaired) electrons. The number of aliphatic hydroxyl groups is 2. The van der Waals surface area contributed by atoms with Gasteiger partial charge in [-0.15, -0.1) is 15.8 Å². The van der Waals surface area contributed by atoms with Crippen molar-refractivity contribution < 1.29 is 10.2 Å². The fraction of sp³-hybridized carbons (Fsp3) is 1.00. The molecular weight excluding hydrogens is 250 g/mol. The maximum absolute atomic E-state index is 10.5. The van der Waals surface area contributed by atoms with Crippen LogP contribution >= 0.6 is 15.8 Å². The SMILES string of the molecule is CP(C)C[C@H]1[C@H](CP(C)C)[C@H](O)C(C)(C)[C@H]1O. The summed E-state index contributed by atoms with van der Waals surface area (Å²) in [5.74, 6) is 0.594. The van der Waals surface area contributed by atoms with Crippen molar-refractivity contribution in [1.29, 1.82) is 0 Å². The molecule has 1 saturated carbocycles. The molecule has 0 saturated heterocycles. The summed E-state index contributed by atoms with van der Waals surface area (Å²) in [5.41, 5.74) is -0.341. The molecule has 0 aliphatic heterocycles. The van der Waals surface area contributed by atoms with Crippen LogP contribution in [0.3, 0.4) is 0 Å². The summed E-state index contributed by atoms with van der Waals surface area (Å²) in [5, 5.41) is 21.0. The fourth-order valence-electron chi connectivity index (χ4n) is 3.06.